The van der Waals surface area contributed by atoms with Crippen LogP contribution in [0.5, 0.6) is 0 Å². The third-order valence-corrected chi connectivity index (χ3v) is 6.01. The highest BCUT2D eigenvalue weighted by molar-refractivity contribution is 8.00. The number of benzene rings is 1. The smallest absolute Gasteiger partial charge is 0.225 e. The fraction of sp³-hybridized carbons (Fsp3) is 0.450. The molecule has 0 atom stereocenters. The summed E-state index contributed by atoms with van der Waals surface area (Å²) in [5.74, 6) is 2.91. The lowest BCUT2D eigenvalue weighted by Gasteiger charge is -2.34. The Morgan fingerprint density at radius 2 is 1.81 bits per heavy atom. The Morgan fingerprint density at radius 1 is 1.00 bits per heavy atom. The van der Waals surface area contributed by atoms with Crippen LogP contribution in [0.1, 0.15) is 12.8 Å². The van der Waals surface area contributed by atoms with Gasteiger partial charge >= 0.3 is 0 Å². The lowest BCUT2D eigenvalue weighted by Crippen LogP contribution is -2.47. The summed E-state index contributed by atoms with van der Waals surface area (Å²) in [5.41, 5.74) is 1.19. The molecule has 1 aromatic heterocycles. The van der Waals surface area contributed by atoms with Gasteiger partial charge in [-0.2, -0.15) is 0 Å². The Morgan fingerprint density at radius 3 is 2.67 bits per heavy atom. The van der Waals surface area contributed by atoms with Crippen LogP contribution in [-0.2, 0) is 0 Å². The van der Waals surface area contributed by atoms with Gasteiger partial charge in [0, 0.05) is 50.0 Å². The maximum absolute atomic E-state index is 4.76. The number of nitrogens with one attached hydrogen (secondary N) is 1. The van der Waals surface area contributed by atoms with Crippen molar-refractivity contribution in [3.63, 3.8) is 0 Å². The van der Waals surface area contributed by atoms with E-state index in [4.69, 9.17) is 4.99 Å². The molecule has 2 aliphatic heterocycles. The molecule has 0 spiro atoms. The minimum atomic E-state index is 0.854. The zero-order valence-electron chi connectivity index (χ0n) is 15.5. The maximum Gasteiger partial charge on any atom is 0.225 e. The molecule has 6 nitrogen and oxygen atoms in total. The van der Waals surface area contributed by atoms with Crippen molar-refractivity contribution >= 4 is 29.2 Å². The van der Waals surface area contributed by atoms with Crippen LogP contribution in [0.25, 0.3) is 0 Å². The summed E-state index contributed by atoms with van der Waals surface area (Å²) in [6.07, 6.45) is 5.96. The molecule has 1 fully saturated rings. The van der Waals surface area contributed by atoms with Gasteiger partial charge in [-0.1, -0.05) is 12.1 Å². The van der Waals surface area contributed by atoms with Crippen molar-refractivity contribution in [1.82, 2.24) is 14.9 Å². The van der Waals surface area contributed by atoms with Crippen LogP contribution in [0.2, 0.25) is 0 Å². The molecule has 1 aromatic carbocycles. The average Bonchev–Trinajstić information content (AvgIpc) is 2.74. The molecule has 0 saturated carbocycles. The SMILES string of the molecule is c1cnc(N2CCN(CCCCN=C3CSc4ccccc4N3)CC2)nc1. The van der Waals surface area contributed by atoms with Crippen molar-refractivity contribution in [3.05, 3.63) is 42.7 Å². The molecule has 4 rings (SSSR count). The van der Waals surface area contributed by atoms with Crippen LogP contribution < -0.4 is 10.2 Å². The maximum atomic E-state index is 4.76. The molecule has 0 bridgehead atoms. The van der Waals surface area contributed by atoms with Crippen molar-refractivity contribution in [2.75, 3.05) is 55.2 Å². The molecule has 2 aliphatic rings. The van der Waals surface area contributed by atoms with E-state index in [0.29, 0.717) is 0 Å². The van der Waals surface area contributed by atoms with E-state index in [9.17, 15) is 0 Å². The lowest BCUT2D eigenvalue weighted by molar-refractivity contribution is 0.252. The third kappa shape index (κ3) is 4.99. The average molecular weight is 383 g/mol. The number of amidine groups is 1. The quantitative estimate of drug-likeness (QED) is 0.775. The molecular formula is C20H26N6S. The predicted molar refractivity (Wildman–Crippen MR) is 113 cm³/mol. The molecule has 0 aliphatic carbocycles. The molecule has 2 aromatic rings. The van der Waals surface area contributed by atoms with Gasteiger partial charge < -0.3 is 10.2 Å². The van der Waals surface area contributed by atoms with E-state index in [2.05, 4.69) is 49.4 Å². The van der Waals surface area contributed by atoms with Gasteiger partial charge in [0.2, 0.25) is 5.95 Å². The van der Waals surface area contributed by atoms with E-state index in [1.807, 2.05) is 30.2 Å². The molecule has 7 heteroatoms. The number of nitrogens with zero attached hydrogens (tertiary/aromatic N) is 5. The zero-order chi connectivity index (χ0) is 18.3. The van der Waals surface area contributed by atoms with Gasteiger partial charge in [-0.3, -0.25) is 9.89 Å². The van der Waals surface area contributed by atoms with Crippen LogP contribution in [-0.4, -0.2) is 65.7 Å². The van der Waals surface area contributed by atoms with E-state index >= 15 is 0 Å². The van der Waals surface area contributed by atoms with Gasteiger partial charge in [0.15, 0.2) is 0 Å². The van der Waals surface area contributed by atoms with Gasteiger partial charge in [-0.05, 0) is 37.6 Å². The summed E-state index contributed by atoms with van der Waals surface area (Å²) in [6.45, 7) is 6.24. The summed E-state index contributed by atoms with van der Waals surface area (Å²) in [6, 6.07) is 10.3. The lowest BCUT2D eigenvalue weighted by atomic mass is 10.2. The highest BCUT2D eigenvalue weighted by Crippen LogP contribution is 2.30. The molecule has 0 amide bonds. The molecule has 27 heavy (non-hydrogen) atoms. The van der Waals surface area contributed by atoms with Gasteiger partial charge in [0.1, 0.15) is 5.84 Å². The largest absolute Gasteiger partial charge is 0.342 e. The Labute approximate surface area is 165 Å². The zero-order valence-corrected chi connectivity index (χ0v) is 16.4. The van der Waals surface area contributed by atoms with Crippen molar-refractivity contribution in [2.45, 2.75) is 17.7 Å². The van der Waals surface area contributed by atoms with Crippen molar-refractivity contribution in [3.8, 4) is 0 Å². The van der Waals surface area contributed by atoms with Crippen LogP contribution >= 0.6 is 11.8 Å². The Hall–Kier alpha value is -2.12. The highest BCUT2D eigenvalue weighted by Gasteiger charge is 2.18. The molecule has 0 radical (unpaired) electrons. The Balaban J connectivity index is 1.14. The third-order valence-electron chi connectivity index (χ3n) is 4.92. The first-order valence-corrected chi connectivity index (χ1v) is 10.6. The minimum absolute atomic E-state index is 0.854. The van der Waals surface area contributed by atoms with Crippen LogP contribution in [0.3, 0.4) is 0 Å². The number of hydrogen-bond donors (Lipinski definition) is 1. The predicted octanol–water partition coefficient (Wildman–Crippen LogP) is 3.00. The molecule has 1 saturated heterocycles. The molecule has 0 unspecified atom stereocenters. The number of thioether (sulfide) groups is 1. The first-order valence-electron chi connectivity index (χ1n) is 9.65. The van der Waals surface area contributed by atoms with E-state index in [-0.39, 0.29) is 0 Å². The van der Waals surface area contributed by atoms with Gasteiger partial charge in [0.05, 0.1) is 11.4 Å². The van der Waals surface area contributed by atoms with Crippen LogP contribution in [0.15, 0.2) is 52.6 Å². The summed E-state index contributed by atoms with van der Waals surface area (Å²) in [4.78, 5) is 19.6. The number of unbranched alkanes of at least 4 members (excludes halogenated alkanes) is 1. The van der Waals surface area contributed by atoms with Crippen LogP contribution in [0.4, 0.5) is 11.6 Å². The number of rotatable bonds is 6. The second-order valence-corrected chi connectivity index (χ2v) is 7.84. The molecule has 3 heterocycles. The van der Waals surface area contributed by atoms with E-state index in [1.165, 1.54) is 17.0 Å². The van der Waals surface area contributed by atoms with Crippen molar-refractivity contribution in [2.24, 2.45) is 4.99 Å². The summed E-state index contributed by atoms with van der Waals surface area (Å²) >= 11 is 1.87. The fourth-order valence-corrected chi connectivity index (χ4v) is 4.31. The monoisotopic (exact) mass is 382 g/mol. The number of aromatic nitrogens is 2. The van der Waals surface area contributed by atoms with E-state index in [1.54, 1.807) is 0 Å². The number of anilines is 2. The highest BCUT2D eigenvalue weighted by atomic mass is 32.2. The second-order valence-electron chi connectivity index (χ2n) is 6.82. The Kier molecular flexibility index (Phi) is 6.21. The normalized spacial score (nSPS) is 19.0. The summed E-state index contributed by atoms with van der Waals surface area (Å²) < 4.78 is 0. The number of aliphatic imine (C=N–C) groups is 1. The topological polar surface area (TPSA) is 56.7 Å². The molecular weight excluding hydrogens is 356 g/mol. The van der Waals surface area contributed by atoms with Gasteiger partial charge in [-0.25, -0.2) is 9.97 Å². The fourth-order valence-electron chi connectivity index (χ4n) is 3.41. The van der Waals surface area contributed by atoms with Crippen LogP contribution in [0, 0.1) is 0 Å². The number of para-hydroxylation sites is 1. The first kappa shape index (κ1) is 18.3. The van der Waals surface area contributed by atoms with E-state index in [0.717, 1.165) is 63.2 Å². The second kappa shape index (κ2) is 9.19. The van der Waals surface area contributed by atoms with Gasteiger partial charge in [-0.15, -0.1) is 11.8 Å². The van der Waals surface area contributed by atoms with Gasteiger partial charge in [0.25, 0.3) is 0 Å². The number of fused-ring (bicyclic) bond motifs is 1. The first-order chi connectivity index (χ1) is 13.4. The molecule has 1 N–H and O–H groups in total. The number of piperazine rings is 1. The number of hydrogen-bond acceptors (Lipinski definition) is 6. The summed E-state index contributed by atoms with van der Waals surface area (Å²) in [7, 11) is 0. The standard InChI is InChI=1S/C20H26N6S/c1-2-7-18-17(6-1)24-19(16-27-18)21-8-3-4-11-25-12-14-26(15-13-25)20-22-9-5-10-23-20/h1-2,5-7,9-10H,3-4,8,11-16H2,(H,21,24). The van der Waals surface area contributed by atoms with Crippen molar-refractivity contribution < 1.29 is 0 Å². The summed E-state index contributed by atoms with van der Waals surface area (Å²) in [5, 5.41) is 3.46. The van der Waals surface area contributed by atoms with E-state index < -0.39 is 0 Å². The minimum Gasteiger partial charge on any atom is -0.342 e. The Bertz CT molecular complexity index is 758. The van der Waals surface area contributed by atoms with Crippen molar-refractivity contribution in [1.29, 1.82) is 0 Å². The molecule has 142 valence electrons.